The van der Waals surface area contributed by atoms with Crippen LogP contribution in [0.3, 0.4) is 0 Å². The van der Waals surface area contributed by atoms with Crippen LogP contribution in [0.15, 0.2) is 24.8 Å². The molecule has 0 bridgehead atoms. The Morgan fingerprint density at radius 3 is 3.00 bits per heavy atom. The van der Waals surface area contributed by atoms with Crippen molar-refractivity contribution in [2.45, 2.75) is 13.8 Å². The first kappa shape index (κ1) is 15.0. The Hall–Kier alpha value is -3.30. The van der Waals surface area contributed by atoms with Crippen LogP contribution in [0, 0.1) is 19.8 Å². The number of anilines is 2. The molecule has 0 unspecified atom stereocenters. The van der Waals surface area contributed by atoms with Gasteiger partial charge in [-0.15, -0.1) is 15.3 Å². The molecule has 1 aliphatic rings. The van der Waals surface area contributed by atoms with Crippen molar-refractivity contribution in [3.05, 3.63) is 36.0 Å². The number of hydrogen-bond donors (Lipinski definition) is 1. The second-order valence-electron chi connectivity index (χ2n) is 6.62. The van der Waals surface area contributed by atoms with Crippen LogP contribution in [0.25, 0.3) is 11.4 Å². The number of aryl methyl sites for hydroxylation is 1. The first-order chi connectivity index (χ1) is 12.7. The Kier molecular flexibility index (Phi) is 3.24. The van der Waals surface area contributed by atoms with Crippen LogP contribution in [-0.2, 0) is 0 Å². The molecule has 0 spiro atoms. The molecule has 0 amide bonds. The van der Waals surface area contributed by atoms with Gasteiger partial charge in [-0.1, -0.05) is 0 Å². The molecule has 10 nitrogen and oxygen atoms in total. The van der Waals surface area contributed by atoms with E-state index in [-0.39, 0.29) is 0 Å². The molecule has 0 aromatic carbocycles. The van der Waals surface area contributed by atoms with Gasteiger partial charge in [-0.2, -0.15) is 19.1 Å². The van der Waals surface area contributed by atoms with E-state index in [1.54, 1.807) is 15.4 Å². The summed E-state index contributed by atoms with van der Waals surface area (Å²) in [5.74, 6) is 3.08. The van der Waals surface area contributed by atoms with Crippen molar-refractivity contribution in [1.29, 1.82) is 0 Å². The van der Waals surface area contributed by atoms with E-state index in [9.17, 15) is 0 Å². The molecule has 10 heteroatoms. The lowest BCUT2D eigenvalue weighted by Gasteiger charge is -2.40. The Balaban J connectivity index is 1.27. The third-order valence-corrected chi connectivity index (χ3v) is 4.89. The molecular weight excluding hydrogens is 332 g/mol. The molecule has 1 fully saturated rings. The van der Waals surface area contributed by atoms with E-state index in [0.29, 0.717) is 11.7 Å². The molecule has 1 N–H and O–H groups in total. The second kappa shape index (κ2) is 5.61. The lowest BCUT2D eigenvalue weighted by atomic mass is 10.00. The van der Waals surface area contributed by atoms with Crippen molar-refractivity contribution in [3.63, 3.8) is 0 Å². The molecule has 5 rings (SSSR count). The highest BCUT2D eigenvalue weighted by Crippen LogP contribution is 2.24. The lowest BCUT2D eigenvalue weighted by Crippen LogP contribution is -2.50. The largest absolute Gasteiger partial charge is 0.369 e. The van der Waals surface area contributed by atoms with Gasteiger partial charge in [0.2, 0.25) is 0 Å². The molecule has 5 heterocycles. The van der Waals surface area contributed by atoms with Crippen LogP contribution in [0.2, 0.25) is 0 Å². The number of fused-ring (bicyclic) bond motifs is 2. The summed E-state index contributed by atoms with van der Waals surface area (Å²) in [4.78, 5) is 10.9. The van der Waals surface area contributed by atoms with E-state index in [4.69, 9.17) is 0 Å². The minimum Gasteiger partial charge on any atom is -0.369 e. The van der Waals surface area contributed by atoms with Gasteiger partial charge in [0.15, 0.2) is 5.65 Å². The van der Waals surface area contributed by atoms with Gasteiger partial charge in [-0.3, -0.25) is 0 Å². The topological polar surface area (TPSA) is 101 Å². The van der Waals surface area contributed by atoms with Crippen molar-refractivity contribution in [2.75, 3.05) is 29.9 Å². The average molecular weight is 350 g/mol. The van der Waals surface area contributed by atoms with Gasteiger partial charge in [0.05, 0.1) is 0 Å². The van der Waals surface area contributed by atoms with Gasteiger partial charge < -0.3 is 10.2 Å². The maximum atomic E-state index is 4.54. The van der Waals surface area contributed by atoms with E-state index >= 15 is 0 Å². The number of nitrogens with zero attached hydrogens (tertiary/aromatic N) is 9. The van der Waals surface area contributed by atoms with Crippen LogP contribution in [0.1, 0.15) is 11.3 Å². The zero-order chi connectivity index (χ0) is 17.7. The summed E-state index contributed by atoms with van der Waals surface area (Å²) in [6.45, 7) is 6.82. The molecule has 26 heavy (non-hydrogen) atoms. The second-order valence-corrected chi connectivity index (χ2v) is 6.62. The molecule has 0 radical (unpaired) electrons. The minimum absolute atomic E-state index is 0.542. The highest BCUT2D eigenvalue weighted by molar-refractivity contribution is 5.52. The highest BCUT2D eigenvalue weighted by atomic mass is 15.4. The maximum absolute atomic E-state index is 4.54. The van der Waals surface area contributed by atoms with Crippen molar-refractivity contribution in [3.8, 4) is 0 Å². The van der Waals surface area contributed by atoms with Crippen LogP contribution in [0.4, 0.5) is 11.6 Å². The van der Waals surface area contributed by atoms with Crippen molar-refractivity contribution >= 4 is 23.1 Å². The van der Waals surface area contributed by atoms with Crippen LogP contribution in [-0.4, -0.2) is 59.0 Å². The number of hydrogen-bond acceptors (Lipinski definition) is 8. The van der Waals surface area contributed by atoms with Gasteiger partial charge in [0.1, 0.15) is 24.3 Å². The van der Waals surface area contributed by atoms with E-state index in [2.05, 4.69) is 47.5 Å². The number of aromatic nitrogens is 8. The van der Waals surface area contributed by atoms with Gasteiger partial charge in [0.25, 0.3) is 5.78 Å². The van der Waals surface area contributed by atoms with Crippen LogP contribution < -0.4 is 10.2 Å². The maximum Gasteiger partial charge on any atom is 0.254 e. The fourth-order valence-corrected chi connectivity index (χ4v) is 3.26. The van der Waals surface area contributed by atoms with Gasteiger partial charge in [-0.25, -0.2) is 4.98 Å². The summed E-state index contributed by atoms with van der Waals surface area (Å²) in [5.41, 5.74) is 2.82. The average Bonchev–Trinajstić information content (AvgIpc) is 3.24. The summed E-state index contributed by atoms with van der Waals surface area (Å²) >= 11 is 0. The monoisotopic (exact) mass is 350 g/mol. The lowest BCUT2D eigenvalue weighted by molar-refractivity contribution is 0.424. The predicted octanol–water partition coefficient (Wildman–Crippen LogP) is 0.727. The SMILES string of the molecule is Cc1nc2ncnn2c(NCC2CN(c3ccc4nncn4n3)C2)c1C. The molecule has 4 aromatic rings. The van der Waals surface area contributed by atoms with Gasteiger partial charge in [0, 0.05) is 36.8 Å². The Morgan fingerprint density at radius 1 is 1.23 bits per heavy atom. The standard InChI is InChI=1S/C16H18N10/c1-10-11(2)21-16-18-8-20-26(16)15(10)17-5-12-6-24(7-12)14-4-3-13-22-19-9-25(13)23-14/h3-4,8-9,12,17H,5-7H2,1-2H3. The minimum atomic E-state index is 0.542. The first-order valence-electron chi connectivity index (χ1n) is 8.52. The number of rotatable bonds is 4. The van der Waals surface area contributed by atoms with E-state index in [1.807, 2.05) is 19.1 Å². The van der Waals surface area contributed by atoms with Gasteiger partial charge in [-0.05, 0) is 26.0 Å². The fraction of sp³-hybridized carbons (Fsp3) is 0.375. The summed E-state index contributed by atoms with van der Waals surface area (Å²) in [7, 11) is 0. The van der Waals surface area contributed by atoms with Crippen molar-refractivity contribution < 1.29 is 0 Å². The quantitative estimate of drug-likeness (QED) is 0.575. The number of nitrogens with one attached hydrogen (secondary N) is 1. The highest BCUT2D eigenvalue weighted by Gasteiger charge is 2.28. The summed E-state index contributed by atoms with van der Waals surface area (Å²) < 4.78 is 3.46. The molecule has 1 aliphatic heterocycles. The Morgan fingerprint density at radius 2 is 2.12 bits per heavy atom. The third kappa shape index (κ3) is 2.33. The van der Waals surface area contributed by atoms with Crippen molar-refractivity contribution in [2.24, 2.45) is 5.92 Å². The molecule has 0 aliphatic carbocycles. The molecule has 0 saturated carbocycles. The zero-order valence-corrected chi connectivity index (χ0v) is 14.5. The predicted molar refractivity (Wildman–Crippen MR) is 95.2 cm³/mol. The van der Waals surface area contributed by atoms with E-state index < -0.39 is 0 Å². The Bertz CT molecular complexity index is 1090. The molecule has 4 aromatic heterocycles. The zero-order valence-electron chi connectivity index (χ0n) is 14.5. The van der Waals surface area contributed by atoms with E-state index in [1.165, 1.54) is 6.33 Å². The molecule has 132 valence electrons. The smallest absolute Gasteiger partial charge is 0.254 e. The summed E-state index contributed by atoms with van der Waals surface area (Å²) in [5, 5.41) is 20.2. The van der Waals surface area contributed by atoms with Crippen molar-refractivity contribution in [1.82, 2.24) is 39.4 Å². The molecular formula is C16H18N10. The summed E-state index contributed by atoms with van der Waals surface area (Å²) in [6, 6.07) is 3.93. The van der Waals surface area contributed by atoms with Crippen LogP contribution >= 0.6 is 0 Å². The Labute approximate surface area is 148 Å². The molecule has 1 saturated heterocycles. The molecule has 0 atom stereocenters. The van der Waals surface area contributed by atoms with Gasteiger partial charge >= 0.3 is 0 Å². The summed E-state index contributed by atoms with van der Waals surface area (Å²) in [6.07, 6.45) is 3.15. The first-order valence-corrected chi connectivity index (χ1v) is 8.52. The third-order valence-electron chi connectivity index (χ3n) is 4.89. The fourth-order valence-electron chi connectivity index (χ4n) is 3.26. The van der Waals surface area contributed by atoms with Crippen LogP contribution in [0.5, 0.6) is 0 Å². The van der Waals surface area contributed by atoms with E-state index in [0.717, 1.165) is 48.2 Å². The normalized spacial score (nSPS) is 14.9.